The van der Waals surface area contributed by atoms with Crippen LogP contribution in [0.1, 0.15) is 11.1 Å². The lowest BCUT2D eigenvalue weighted by Crippen LogP contribution is -2.08. The fraction of sp³-hybridized carbons (Fsp3) is 0.214. The van der Waals surface area contributed by atoms with Gasteiger partial charge in [0.15, 0.2) is 0 Å². The molecule has 0 N–H and O–H groups in total. The van der Waals surface area contributed by atoms with Crippen molar-refractivity contribution in [2.75, 3.05) is 53.6 Å². The SMILES string of the molecule is Cc1ccc2c(-c3c(OCOc4ccc(OCOc5ccc(OCC6CO6)cc5)cc4)ccc4cc(C)ccc34)cc(OCOc3ccc(OCOc4ccc(OCC5CO5)cc4)cc3)cc2c1. The minimum atomic E-state index is -0.0281. The molecule has 2 atom stereocenters. The van der Waals surface area contributed by atoms with E-state index in [4.69, 9.17) is 56.8 Å². The Bertz CT molecular complexity index is 2930. The lowest BCUT2D eigenvalue weighted by molar-refractivity contribution is 0.116. The van der Waals surface area contributed by atoms with Crippen molar-refractivity contribution in [2.24, 2.45) is 0 Å². The number of hydrogen-bond acceptors (Lipinski definition) is 12. The summed E-state index contributed by atoms with van der Waals surface area (Å²) in [6.45, 7) is 6.85. The zero-order valence-electron chi connectivity index (χ0n) is 37.7. The Balaban J connectivity index is 0.765. The molecule has 2 aliphatic rings. The summed E-state index contributed by atoms with van der Waals surface area (Å²) in [4.78, 5) is 0. The van der Waals surface area contributed by atoms with E-state index < -0.39 is 0 Å². The maximum Gasteiger partial charge on any atom is 0.230 e. The Labute approximate surface area is 394 Å². The maximum atomic E-state index is 6.46. The molecule has 8 aromatic rings. The third-order valence-electron chi connectivity index (χ3n) is 11.3. The van der Waals surface area contributed by atoms with Crippen LogP contribution in [0.15, 0.2) is 158 Å². The average Bonchev–Trinajstić information content (AvgIpc) is 4.31. The third-order valence-corrected chi connectivity index (χ3v) is 11.3. The highest BCUT2D eigenvalue weighted by Gasteiger charge is 2.24. The fourth-order valence-electron chi connectivity index (χ4n) is 7.47. The number of benzene rings is 8. The summed E-state index contributed by atoms with van der Waals surface area (Å²) in [5, 5.41) is 4.20. The molecule has 12 nitrogen and oxygen atoms in total. The molecule has 8 aromatic carbocycles. The van der Waals surface area contributed by atoms with Crippen LogP contribution in [0.4, 0.5) is 0 Å². The molecule has 0 bridgehead atoms. The monoisotopic (exact) mass is 914 g/mol. The predicted molar refractivity (Wildman–Crippen MR) is 257 cm³/mol. The highest BCUT2D eigenvalue weighted by Crippen LogP contribution is 2.43. The minimum Gasteiger partial charge on any atom is -0.491 e. The van der Waals surface area contributed by atoms with Gasteiger partial charge in [0, 0.05) is 5.56 Å². The molecule has 0 spiro atoms. The van der Waals surface area contributed by atoms with Crippen LogP contribution in [0.25, 0.3) is 32.7 Å². The van der Waals surface area contributed by atoms with E-state index in [1.54, 1.807) is 0 Å². The van der Waals surface area contributed by atoms with Crippen molar-refractivity contribution in [2.45, 2.75) is 26.1 Å². The molecule has 2 fully saturated rings. The number of fused-ring (bicyclic) bond motifs is 2. The molecule has 2 saturated heterocycles. The van der Waals surface area contributed by atoms with Gasteiger partial charge in [0.05, 0.1) is 13.2 Å². The molecule has 2 heterocycles. The van der Waals surface area contributed by atoms with Gasteiger partial charge in [-0.2, -0.15) is 0 Å². The van der Waals surface area contributed by atoms with Crippen LogP contribution in [0.3, 0.4) is 0 Å². The normalized spacial score (nSPS) is 14.7. The van der Waals surface area contributed by atoms with Gasteiger partial charge in [-0.25, -0.2) is 0 Å². The van der Waals surface area contributed by atoms with Gasteiger partial charge in [-0.1, -0.05) is 53.6 Å². The Kier molecular flexibility index (Phi) is 13.5. The average molecular weight is 915 g/mol. The molecular formula is C56H50O12. The Hall–Kier alpha value is -7.80. The molecule has 2 unspecified atom stereocenters. The van der Waals surface area contributed by atoms with E-state index in [9.17, 15) is 0 Å². The molecule has 0 aliphatic carbocycles. The molecule has 12 heteroatoms. The molecule has 2 aliphatic heterocycles. The Morgan fingerprint density at radius 2 is 0.721 bits per heavy atom. The highest BCUT2D eigenvalue weighted by molar-refractivity contribution is 6.08. The van der Waals surface area contributed by atoms with E-state index in [1.165, 1.54) is 0 Å². The smallest absolute Gasteiger partial charge is 0.230 e. The molecule has 0 aromatic heterocycles. The van der Waals surface area contributed by atoms with E-state index in [1.807, 2.05) is 115 Å². The predicted octanol–water partition coefficient (Wildman–Crippen LogP) is 11.5. The number of ether oxygens (including phenoxy) is 12. The van der Waals surface area contributed by atoms with Crippen molar-refractivity contribution < 1.29 is 56.8 Å². The molecule has 0 saturated carbocycles. The lowest BCUT2D eigenvalue weighted by atomic mass is 9.91. The van der Waals surface area contributed by atoms with Crippen LogP contribution in [0, 0.1) is 13.8 Å². The van der Waals surface area contributed by atoms with Crippen LogP contribution < -0.4 is 47.4 Å². The summed E-state index contributed by atoms with van der Waals surface area (Å²) in [5.74, 6) is 6.73. The lowest BCUT2D eigenvalue weighted by Gasteiger charge is -2.19. The van der Waals surface area contributed by atoms with Gasteiger partial charge in [-0.3, -0.25) is 0 Å². The quantitative estimate of drug-likeness (QED) is 0.0449. The van der Waals surface area contributed by atoms with Gasteiger partial charge >= 0.3 is 0 Å². The molecule has 0 amide bonds. The number of rotatable bonds is 23. The van der Waals surface area contributed by atoms with Crippen LogP contribution in [-0.2, 0) is 9.47 Å². The molecular weight excluding hydrogens is 865 g/mol. The van der Waals surface area contributed by atoms with Gasteiger partial charge in [0.2, 0.25) is 27.2 Å². The summed E-state index contributed by atoms with van der Waals surface area (Å²) >= 11 is 0. The second kappa shape index (κ2) is 20.8. The van der Waals surface area contributed by atoms with E-state index in [-0.39, 0.29) is 39.4 Å². The van der Waals surface area contributed by atoms with Crippen LogP contribution >= 0.6 is 0 Å². The van der Waals surface area contributed by atoms with Crippen LogP contribution in [-0.4, -0.2) is 65.8 Å². The van der Waals surface area contributed by atoms with E-state index in [0.717, 1.165) is 68.5 Å². The van der Waals surface area contributed by atoms with Gasteiger partial charge in [-0.05, 0) is 156 Å². The molecule has 0 radical (unpaired) electrons. The second-order valence-corrected chi connectivity index (χ2v) is 16.4. The van der Waals surface area contributed by atoms with Gasteiger partial charge < -0.3 is 56.8 Å². The van der Waals surface area contributed by atoms with Crippen molar-refractivity contribution in [1.82, 2.24) is 0 Å². The van der Waals surface area contributed by atoms with Crippen molar-refractivity contribution in [3.63, 3.8) is 0 Å². The molecule has 68 heavy (non-hydrogen) atoms. The van der Waals surface area contributed by atoms with Crippen molar-refractivity contribution in [3.8, 4) is 68.6 Å². The second-order valence-electron chi connectivity index (χ2n) is 16.4. The highest BCUT2D eigenvalue weighted by atomic mass is 16.7. The molecule has 10 rings (SSSR count). The Morgan fingerprint density at radius 1 is 0.353 bits per heavy atom. The van der Waals surface area contributed by atoms with Crippen molar-refractivity contribution in [1.29, 1.82) is 0 Å². The van der Waals surface area contributed by atoms with Gasteiger partial charge in [0.1, 0.15) is 82.9 Å². The van der Waals surface area contributed by atoms with Crippen molar-refractivity contribution in [3.05, 3.63) is 169 Å². The summed E-state index contributed by atoms with van der Waals surface area (Å²) in [7, 11) is 0. The standard InChI is InChI=1S/C56H50O12/c1-37-4-23-53-39(25-37)5-24-55(68-36-66-48-20-18-46(19-21-48)64-34-62-44-12-8-42(9-13-44)58-30-51-32-60-51)56(53)54-28-49(27-40-26-38(2)3-22-52(40)54)67-35-65-47-16-14-45(15-17-47)63-33-61-43-10-6-41(7-11-43)57-29-50-31-59-50/h3-28,50-51H,29-36H2,1-2H3. The zero-order chi connectivity index (χ0) is 46.1. The van der Waals surface area contributed by atoms with Crippen LogP contribution in [0.2, 0.25) is 0 Å². The first-order valence-electron chi connectivity index (χ1n) is 22.4. The maximum absolute atomic E-state index is 6.46. The molecule has 346 valence electrons. The first-order valence-corrected chi connectivity index (χ1v) is 22.4. The van der Waals surface area contributed by atoms with Gasteiger partial charge in [-0.15, -0.1) is 0 Å². The number of hydrogen-bond donors (Lipinski definition) is 0. The van der Waals surface area contributed by atoms with Crippen LogP contribution in [0.5, 0.6) is 57.5 Å². The summed E-state index contributed by atoms with van der Waals surface area (Å²) in [6.07, 6.45) is 0.411. The largest absolute Gasteiger partial charge is 0.491 e. The third kappa shape index (κ3) is 11.8. The summed E-state index contributed by atoms with van der Waals surface area (Å²) in [6, 6.07) is 50.5. The van der Waals surface area contributed by atoms with E-state index in [0.29, 0.717) is 59.2 Å². The number of aryl methyl sites for hydroxylation is 2. The first-order chi connectivity index (χ1) is 33.4. The first kappa shape index (κ1) is 44.1. The van der Waals surface area contributed by atoms with E-state index in [2.05, 4.69) is 56.3 Å². The van der Waals surface area contributed by atoms with Gasteiger partial charge in [0.25, 0.3) is 0 Å². The number of epoxide rings is 2. The van der Waals surface area contributed by atoms with E-state index >= 15 is 0 Å². The zero-order valence-corrected chi connectivity index (χ0v) is 37.7. The van der Waals surface area contributed by atoms with Crippen molar-refractivity contribution >= 4 is 21.5 Å². The summed E-state index contributed by atoms with van der Waals surface area (Å²) < 4.78 is 69.8. The fourth-order valence-corrected chi connectivity index (χ4v) is 7.47. The minimum absolute atomic E-state index is 0.0169. The topological polar surface area (TPSA) is 117 Å². The summed E-state index contributed by atoms with van der Waals surface area (Å²) in [5.41, 5.74) is 4.17. The Morgan fingerprint density at radius 3 is 1.15 bits per heavy atom.